The molecule has 1 unspecified atom stereocenters. The highest BCUT2D eigenvalue weighted by atomic mass is 16.4. The van der Waals surface area contributed by atoms with Gasteiger partial charge in [-0.3, -0.25) is 0 Å². The summed E-state index contributed by atoms with van der Waals surface area (Å²) < 4.78 is 0.435. The number of likely N-dealkylation sites (N-methyl/N-ethyl adjacent to an activating group) is 1. The van der Waals surface area contributed by atoms with Crippen LogP contribution in [0, 0.1) is 0 Å². The Bertz CT molecular complexity index is 289. The lowest BCUT2D eigenvalue weighted by Gasteiger charge is -2.49. The molecule has 0 aromatic carbocycles. The molecule has 5 heteroatoms. The zero-order valence-corrected chi connectivity index (χ0v) is 13.6. The lowest BCUT2D eigenvalue weighted by atomic mass is 9.91. The Labute approximate surface area is 128 Å². The SMILES string of the molecule is CCCCCCCCC[N+]1(C)C[C@H](O)[C@@H](O)[C@H](O)[C@H]1CO. The fraction of sp³-hybridized carbons (Fsp3) is 1.00. The van der Waals surface area contributed by atoms with E-state index in [0.717, 1.165) is 19.4 Å². The highest BCUT2D eigenvalue weighted by Crippen LogP contribution is 2.26. The summed E-state index contributed by atoms with van der Waals surface area (Å²) in [6.45, 7) is 3.25. The summed E-state index contributed by atoms with van der Waals surface area (Å²) in [6.07, 6.45) is 5.38. The number of quaternary nitrogens is 1. The van der Waals surface area contributed by atoms with E-state index < -0.39 is 24.4 Å². The Morgan fingerprint density at radius 2 is 1.48 bits per heavy atom. The van der Waals surface area contributed by atoms with E-state index in [0.29, 0.717) is 11.0 Å². The Hall–Kier alpha value is -0.200. The predicted molar refractivity (Wildman–Crippen MR) is 82.8 cm³/mol. The van der Waals surface area contributed by atoms with Gasteiger partial charge in [0.15, 0.2) is 0 Å². The molecule has 4 N–H and O–H groups in total. The van der Waals surface area contributed by atoms with Crippen LogP contribution in [-0.2, 0) is 0 Å². The topological polar surface area (TPSA) is 80.9 Å². The molecule has 1 aliphatic heterocycles. The first-order chi connectivity index (χ1) is 9.96. The van der Waals surface area contributed by atoms with Crippen molar-refractivity contribution < 1.29 is 24.9 Å². The molecule has 126 valence electrons. The summed E-state index contributed by atoms with van der Waals surface area (Å²) in [5, 5.41) is 39.2. The molecule has 5 atom stereocenters. The molecule has 1 heterocycles. The fourth-order valence-corrected chi connectivity index (χ4v) is 3.49. The minimum absolute atomic E-state index is 0.169. The van der Waals surface area contributed by atoms with Gasteiger partial charge >= 0.3 is 0 Å². The van der Waals surface area contributed by atoms with Gasteiger partial charge in [0.25, 0.3) is 0 Å². The van der Waals surface area contributed by atoms with Crippen LogP contribution in [-0.4, -0.2) is 76.0 Å². The van der Waals surface area contributed by atoms with Crippen molar-refractivity contribution in [2.24, 2.45) is 0 Å². The van der Waals surface area contributed by atoms with Crippen LogP contribution in [0.25, 0.3) is 0 Å². The van der Waals surface area contributed by atoms with Gasteiger partial charge in [0.05, 0.1) is 20.2 Å². The van der Waals surface area contributed by atoms with Gasteiger partial charge in [-0.15, -0.1) is 0 Å². The van der Waals surface area contributed by atoms with Crippen molar-refractivity contribution in [3.05, 3.63) is 0 Å². The van der Waals surface area contributed by atoms with E-state index in [-0.39, 0.29) is 6.61 Å². The average Bonchev–Trinajstić information content (AvgIpc) is 2.44. The van der Waals surface area contributed by atoms with Crippen LogP contribution in [0.3, 0.4) is 0 Å². The van der Waals surface area contributed by atoms with E-state index in [9.17, 15) is 20.4 Å². The number of rotatable bonds is 9. The van der Waals surface area contributed by atoms with Crippen molar-refractivity contribution in [2.45, 2.75) is 76.2 Å². The van der Waals surface area contributed by atoms with Crippen LogP contribution >= 0.6 is 0 Å². The number of piperidine rings is 1. The van der Waals surface area contributed by atoms with Crippen molar-refractivity contribution in [1.29, 1.82) is 0 Å². The monoisotopic (exact) mass is 304 g/mol. The Balaban J connectivity index is 2.39. The summed E-state index contributed by atoms with van der Waals surface area (Å²) in [4.78, 5) is 0. The number of nitrogens with zero attached hydrogens (tertiary/aromatic N) is 1. The van der Waals surface area contributed by atoms with Gasteiger partial charge in [-0.2, -0.15) is 0 Å². The van der Waals surface area contributed by atoms with Gasteiger partial charge in [0, 0.05) is 0 Å². The first kappa shape index (κ1) is 18.8. The maximum absolute atomic E-state index is 10.1. The third-order valence-corrected chi connectivity index (χ3v) is 5.00. The number of aliphatic hydroxyl groups excluding tert-OH is 4. The summed E-state index contributed by atoms with van der Waals surface area (Å²) >= 11 is 0. The maximum atomic E-state index is 10.1. The Morgan fingerprint density at radius 1 is 0.905 bits per heavy atom. The lowest BCUT2D eigenvalue weighted by Crippen LogP contribution is -2.70. The van der Waals surface area contributed by atoms with Gasteiger partial charge < -0.3 is 24.9 Å². The van der Waals surface area contributed by atoms with Crippen LogP contribution in [0.5, 0.6) is 0 Å². The Morgan fingerprint density at radius 3 is 2.05 bits per heavy atom. The highest BCUT2D eigenvalue weighted by Gasteiger charge is 2.49. The molecule has 0 radical (unpaired) electrons. The molecule has 0 saturated carbocycles. The molecule has 0 aromatic heterocycles. The molecule has 21 heavy (non-hydrogen) atoms. The van der Waals surface area contributed by atoms with Gasteiger partial charge in [0.2, 0.25) is 0 Å². The second-order valence-electron chi connectivity index (χ2n) is 6.81. The molecule has 1 saturated heterocycles. The molecule has 5 nitrogen and oxygen atoms in total. The second-order valence-corrected chi connectivity index (χ2v) is 6.81. The molecule has 0 aromatic rings. The van der Waals surface area contributed by atoms with E-state index >= 15 is 0 Å². The first-order valence-electron chi connectivity index (χ1n) is 8.45. The fourth-order valence-electron chi connectivity index (χ4n) is 3.49. The normalized spacial score (nSPS) is 36.9. The smallest absolute Gasteiger partial charge is 0.141 e. The average molecular weight is 304 g/mol. The van der Waals surface area contributed by atoms with E-state index in [1.165, 1.54) is 32.1 Å². The van der Waals surface area contributed by atoms with E-state index in [1.807, 2.05) is 7.05 Å². The van der Waals surface area contributed by atoms with Crippen molar-refractivity contribution in [3.8, 4) is 0 Å². The van der Waals surface area contributed by atoms with Crippen LogP contribution in [0.15, 0.2) is 0 Å². The molecular weight excluding hydrogens is 270 g/mol. The van der Waals surface area contributed by atoms with Crippen LogP contribution < -0.4 is 0 Å². The van der Waals surface area contributed by atoms with Gasteiger partial charge in [0.1, 0.15) is 30.9 Å². The second kappa shape index (κ2) is 9.06. The number of unbranched alkanes of at least 4 members (excludes halogenated alkanes) is 6. The molecule has 1 rings (SSSR count). The van der Waals surface area contributed by atoms with Crippen LogP contribution in [0.4, 0.5) is 0 Å². The van der Waals surface area contributed by atoms with E-state index in [1.54, 1.807) is 0 Å². The zero-order chi connectivity index (χ0) is 15.9. The summed E-state index contributed by atoms with van der Waals surface area (Å²) in [6, 6.07) is -0.413. The molecule has 0 bridgehead atoms. The summed E-state index contributed by atoms with van der Waals surface area (Å²) in [5.41, 5.74) is 0. The Kier molecular flexibility index (Phi) is 8.13. The lowest BCUT2D eigenvalue weighted by molar-refractivity contribution is -0.946. The van der Waals surface area contributed by atoms with Crippen molar-refractivity contribution >= 4 is 0 Å². The summed E-state index contributed by atoms with van der Waals surface area (Å²) in [5.74, 6) is 0. The van der Waals surface area contributed by atoms with Crippen molar-refractivity contribution in [1.82, 2.24) is 0 Å². The largest absolute Gasteiger partial charge is 0.390 e. The van der Waals surface area contributed by atoms with Crippen LogP contribution in [0.2, 0.25) is 0 Å². The van der Waals surface area contributed by atoms with Gasteiger partial charge in [-0.05, 0) is 12.8 Å². The van der Waals surface area contributed by atoms with Gasteiger partial charge in [-0.25, -0.2) is 0 Å². The molecule has 0 spiro atoms. The molecule has 0 amide bonds. The number of likely N-dealkylation sites (tertiary alicyclic amines) is 1. The first-order valence-corrected chi connectivity index (χ1v) is 8.45. The zero-order valence-electron chi connectivity index (χ0n) is 13.6. The van der Waals surface area contributed by atoms with Crippen molar-refractivity contribution in [3.63, 3.8) is 0 Å². The van der Waals surface area contributed by atoms with Crippen molar-refractivity contribution in [2.75, 3.05) is 26.7 Å². The molecule has 0 aliphatic carbocycles. The quantitative estimate of drug-likeness (QED) is 0.372. The molecule has 1 aliphatic rings. The van der Waals surface area contributed by atoms with E-state index in [4.69, 9.17) is 0 Å². The summed E-state index contributed by atoms with van der Waals surface area (Å²) in [7, 11) is 1.95. The van der Waals surface area contributed by atoms with Crippen LogP contribution in [0.1, 0.15) is 51.9 Å². The minimum Gasteiger partial charge on any atom is -0.390 e. The predicted octanol–water partition coefficient (Wildman–Crippen LogP) is 0.641. The molecule has 1 fully saturated rings. The van der Waals surface area contributed by atoms with E-state index in [2.05, 4.69) is 6.92 Å². The third kappa shape index (κ3) is 5.18. The number of hydrogen-bond donors (Lipinski definition) is 4. The maximum Gasteiger partial charge on any atom is 0.141 e. The molecular formula is C16H34NO4+. The third-order valence-electron chi connectivity index (χ3n) is 5.00. The van der Waals surface area contributed by atoms with Gasteiger partial charge in [-0.1, -0.05) is 39.0 Å². The number of hydrogen-bond acceptors (Lipinski definition) is 4. The number of aliphatic hydroxyl groups is 4. The standard InChI is InChI=1S/C16H34NO4/c1-3-4-5-6-7-8-9-10-17(2)11-14(19)16(21)15(20)13(17)12-18/h13-16,18-21H,3-12H2,1-2H3/q+1/t13-,14+,15-,16-,17?/m1/s1. The minimum atomic E-state index is -1.15. The highest BCUT2D eigenvalue weighted by molar-refractivity contribution is 4.87.